The Labute approximate surface area is 160 Å². The first kappa shape index (κ1) is 18.2. The molecule has 26 heavy (non-hydrogen) atoms. The molecule has 1 fully saturated rings. The predicted octanol–water partition coefficient (Wildman–Crippen LogP) is 3.70. The van der Waals surface area contributed by atoms with Gasteiger partial charge in [-0.3, -0.25) is 14.4 Å². The minimum Gasteiger partial charge on any atom is -0.373 e. The Balaban J connectivity index is 1.81. The third-order valence-corrected chi connectivity index (χ3v) is 4.65. The first-order valence-corrected chi connectivity index (χ1v) is 8.57. The lowest BCUT2D eigenvalue weighted by Gasteiger charge is -2.18. The van der Waals surface area contributed by atoms with Gasteiger partial charge in [0.25, 0.3) is 5.91 Å². The maximum atomic E-state index is 12.7. The highest BCUT2D eigenvalue weighted by molar-refractivity contribution is 6.45. The largest absolute Gasteiger partial charge is 0.373 e. The maximum Gasteiger partial charge on any atom is 0.256 e. The Hall–Kier alpha value is -2.57. The molecular weight excluding hydrogens is 377 g/mol. The molecular formula is C18H15Cl2N3O3. The van der Waals surface area contributed by atoms with Crippen molar-refractivity contribution in [3.63, 3.8) is 0 Å². The third-order valence-electron chi connectivity index (χ3n) is 3.84. The number of nitrogens with one attached hydrogen (secondary N) is 2. The number of hydrogen-bond donors (Lipinski definition) is 2. The molecule has 0 radical (unpaired) electrons. The number of imide groups is 1. The van der Waals surface area contributed by atoms with Gasteiger partial charge in [-0.2, -0.15) is 0 Å². The van der Waals surface area contributed by atoms with Gasteiger partial charge in [0.15, 0.2) is 0 Å². The Morgan fingerprint density at radius 2 is 1.81 bits per heavy atom. The van der Waals surface area contributed by atoms with Crippen LogP contribution in [0.5, 0.6) is 0 Å². The van der Waals surface area contributed by atoms with Crippen LogP contribution in [-0.2, 0) is 14.4 Å². The Morgan fingerprint density at radius 3 is 2.54 bits per heavy atom. The molecule has 1 heterocycles. The van der Waals surface area contributed by atoms with Gasteiger partial charge in [0.1, 0.15) is 6.04 Å². The molecule has 1 atom stereocenters. The number of nitrogens with zero attached hydrogens (tertiary/aromatic N) is 1. The van der Waals surface area contributed by atoms with Crippen molar-refractivity contribution in [3.8, 4) is 0 Å². The van der Waals surface area contributed by atoms with Crippen LogP contribution < -0.4 is 15.5 Å². The van der Waals surface area contributed by atoms with Gasteiger partial charge in [-0.25, -0.2) is 4.90 Å². The van der Waals surface area contributed by atoms with E-state index in [1.807, 2.05) is 0 Å². The van der Waals surface area contributed by atoms with Crippen LogP contribution in [0, 0.1) is 0 Å². The van der Waals surface area contributed by atoms with Crippen LogP contribution in [-0.4, -0.2) is 23.8 Å². The van der Waals surface area contributed by atoms with Crippen molar-refractivity contribution in [2.24, 2.45) is 0 Å². The number of carbonyl (C=O) groups excluding carboxylic acids is 3. The summed E-state index contributed by atoms with van der Waals surface area (Å²) in [5.74, 6) is -0.977. The Bertz CT molecular complexity index is 901. The lowest BCUT2D eigenvalue weighted by Crippen LogP contribution is -2.35. The van der Waals surface area contributed by atoms with Gasteiger partial charge in [-0.15, -0.1) is 0 Å². The van der Waals surface area contributed by atoms with Gasteiger partial charge in [0.05, 0.1) is 22.2 Å². The lowest BCUT2D eigenvalue weighted by atomic mass is 10.2. The van der Waals surface area contributed by atoms with E-state index < -0.39 is 11.9 Å². The zero-order valence-corrected chi connectivity index (χ0v) is 15.3. The number of rotatable bonds is 4. The van der Waals surface area contributed by atoms with E-state index in [0.29, 0.717) is 11.4 Å². The van der Waals surface area contributed by atoms with Crippen LogP contribution in [0.3, 0.4) is 0 Å². The van der Waals surface area contributed by atoms with E-state index in [0.717, 1.165) is 4.90 Å². The van der Waals surface area contributed by atoms with Crippen molar-refractivity contribution in [2.75, 3.05) is 15.5 Å². The van der Waals surface area contributed by atoms with Crippen molar-refractivity contribution in [1.29, 1.82) is 0 Å². The van der Waals surface area contributed by atoms with Crippen LogP contribution in [0.2, 0.25) is 10.0 Å². The summed E-state index contributed by atoms with van der Waals surface area (Å²) in [6, 6.07) is 11.0. The summed E-state index contributed by atoms with van der Waals surface area (Å²) in [6.45, 7) is 1.41. The first-order chi connectivity index (χ1) is 12.4. The molecule has 8 heteroatoms. The zero-order chi connectivity index (χ0) is 18.8. The minimum atomic E-state index is -0.731. The molecule has 134 valence electrons. The molecule has 1 saturated heterocycles. The van der Waals surface area contributed by atoms with E-state index in [1.54, 1.807) is 42.5 Å². The zero-order valence-electron chi connectivity index (χ0n) is 13.8. The number of halogens is 2. The molecule has 0 unspecified atom stereocenters. The summed E-state index contributed by atoms with van der Waals surface area (Å²) in [7, 11) is 0. The normalized spacial score (nSPS) is 16.7. The van der Waals surface area contributed by atoms with E-state index in [-0.39, 0.29) is 34.0 Å². The smallest absolute Gasteiger partial charge is 0.256 e. The topological polar surface area (TPSA) is 78.5 Å². The van der Waals surface area contributed by atoms with E-state index in [1.165, 1.54) is 6.92 Å². The van der Waals surface area contributed by atoms with E-state index in [9.17, 15) is 14.4 Å². The summed E-state index contributed by atoms with van der Waals surface area (Å²) in [5, 5.41) is 6.12. The molecule has 3 rings (SSSR count). The first-order valence-electron chi connectivity index (χ1n) is 7.82. The summed E-state index contributed by atoms with van der Waals surface area (Å²) in [6.07, 6.45) is -0.00790. The molecule has 6 nitrogen and oxygen atoms in total. The summed E-state index contributed by atoms with van der Waals surface area (Å²) < 4.78 is 0. The molecule has 3 amide bonds. The van der Waals surface area contributed by atoms with Crippen LogP contribution in [0.15, 0.2) is 42.5 Å². The molecule has 0 aliphatic carbocycles. The van der Waals surface area contributed by atoms with Gasteiger partial charge < -0.3 is 10.6 Å². The van der Waals surface area contributed by atoms with Gasteiger partial charge >= 0.3 is 0 Å². The fourth-order valence-electron chi connectivity index (χ4n) is 2.75. The second-order valence-electron chi connectivity index (χ2n) is 5.80. The fourth-order valence-corrected chi connectivity index (χ4v) is 3.13. The molecule has 0 saturated carbocycles. The second kappa shape index (κ2) is 7.35. The molecule has 2 N–H and O–H groups in total. The monoisotopic (exact) mass is 391 g/mol. The molecule has 2 aromatic carbocycles. The Morgan fingerprint density at radius 1 is 1.12 bits per heavy atom. The molecule has 2 aromatic rings. The predicted molar refractivity (Wildman–Crippen MR) is 102 cm³/mol. The standard InChI is InChI=1S/C18H15Cl2N3O3/c1-10(24)21-11-4-2-5-12(8-11)22-14-9-16(25)23(18(14)26)15-7-3-6-13(19)17(15)20/h2-8,14,22H,9H2,1H3,(H,21,24)/t14-/m0/s1. The van der Waals surface area contributed by atoms with Crippen LogP contribution in [0.1, 0.15) is 13.3 Å². The summed E-state index contributed by atoms with van der Waals surface area (Å²) >= 11 is 12.1. The number of carbonyl (C=O) groups is 3. The van der Waals surface area contributed by atoms with Crippen LogP contribution >= 0.6 is 23.2 Å². The highest BCUT2D eigenvalue weighted by Gasteiger charge is 2.40. The van der Waals surface area contributed by atoms with Gasteiger partial charge in [-0.05, 0) is 30.3 Å². The molecule has 0 bridgehead atoms. The lowest BCUT2D eigenvalue weighted by molar-refractivity contribution is -0.121. The second-order valence-corrected chi connectivity index (χ2v) is 6.59. The number of amides is 3. The quantitative estimate of drug-likeness (QED) is 0.778. The van der Waals surface area contributed by atoms with E-state index >= 15 is 0 Å². The van der Waals surface area contributed by atoms with Gasteiger partial charge in [0, 0.05) is 18.3 Å². The highest BCUT2D eigenvalue weighted by Crippen LogP contribution is 2.35. The molecule has 0 aromatic heterocycles. The van der Waals surface area contributed by atoms with E-state index in [2.05, 4.69) is 10.6 Å². The number of hydrogen-bond acceptors (Lipinski definition) is 4. The average molecular weight is 392 g/mol. The fraction of sp³-hybridized carbons (Fsp3) is 0.167. The Kier molecular flexibility index (Phi) is 5.15. The van der Waals surface area contributed by atoms with Crippen molar-refractivity contribution >= 4 is 58.0 Å². The van der Waals surface area contributed by atoms with Crippen LogP contribution in [0.4, 0.5) is 17.1 Å². The highest BCUT2D eigenvalue weighted by atomic mass is 35.5. The molecule has 1 aliphatic rings. The van der Waals surface area contributed by atoms with Gasteiger partial charge in [-0.1, -0.05) is 35.3 Å². The van der Waals surface area contributed by atoms with Gasteiger partial charge in [0.2, 0.25) is 11.8 Å². The molecule has 1 aliphatic heterocycles. The van der Waals surface area contributed by atoms with Crippen molar-refractivity contribution in [3.05, 3.63) is 52.5 Å². The number of anilines is 3. The third kappa shape index (κ3) is 3.66. The van der Waals surface area contributed by atoms with Crippen molar-refractivity contribution < 1.29 is 14.4 Å². The summed E-state index contributed by atoms with van der Waals surface area (Å²) in [5.41, 5.74) is 1.47. The van der Waals surface area contributed by atoms with Crippen LogP contribution in [0.25, 0.3) is 0 Å². The van der Waals surface area contributed by atoms with E-state index in [4.69, 9.17) is 23.2 Å². The SMILES string of the molecule is CC(=O)Nc1cccc(N[C@H]2CC(=O)N(c3cccc(Cl)c3Cl)C2=O)c1. The maximum absolute atomic E-state index is 12.7. The van der Waals surface area contributed by atoms with Crippen molar-refractivity contribution in [2.45, 2.75) is 19.4 Å². The summed E-state index contributed by atoms with van der Waals surface area (Å²) in [4.78, 5) is 37.3. The van der Waals surface area contributed by atoms with Crippen molar-refractivity contribution in [1.82, 2.24) is 0 Å². The molecule has 0 spiro atoms. The average Bonchev–Trinajstić information content (AvgIpc) is 2.84. The minimum absolute atomic E-state index is 0.00790. The number of benzene rings is 2.